The number of nitrogens with zero attached hydrogens (tertiary/aromatic N) is 1. The number of rotatable bonds is 3. The molecule has 2 rings (SSSR count). The van der Waals surface area contributed by atoms with Gasteiger partial charge in [0.2, 0.25) is 5.91 Å². The molecule has 0 aromatic carbocycles. The van der Waals surface area contributed by atoms with E-state index in [1.54, 1.807) is 12.1 Å². The van der Waals surface area contributed by atoms with E-state index in [1.165, 1.54) is 0 Å². The summed E-state index contributed by atoms with van der Waals surface area (Å²) in [5.41, 5.74) is 1.47. The van der Waals surface area contributed by atoms with Crippen molar-refractivity contribution in [2.75, 3.05) is 11.9 Å². The zero-order valence-corrected chi connectivity index (χ0v) is 12.1. The van der Waals surface area contributed by atoms with Gasteiger partial charge in [0.05, 0.1) is 17.4 Å². The highest BCUT2D eigenvalue weighted by atomic mass is 35.5. The lowest BCUT2D eigenvalue weighted by molar-refractivity contribution is -0.119. The van der Waals surface area contributed by atoms with Crippen molar-refractivity contribution >= 4 is 23.2 Å². The minimum atomic E-state index is -0.103. The molecule has 1 aliphatic heterocycles. The van der Waals surface area contributed by atoms with E-state index in [0.29, 0.717) is 11.1 Å². The highest BCUT2D eigenvalue weighted by molar-refractivity contribution is 6.29. The number of aryl methyl sites for hydroxylation is 1. The standard InChI is InChI=1S/C14H20ClN3O/c1-3-10-6-7-16-12(8-10)14(19)18-11-4-5-13(15)17-9(11)2/h4-5,10,12,16H,3,6-8H2,1-2H3,(H,18,19). The van der Waals surface area contributed by atoms with E-state index in [2.05, 4.69) is 22.5 Å². The Bertz CT molecular complexity index is 464. The fourth-order valence-electron chi connectivity index (χ4n) is 2.45. The van der Waals surface area contributed by atoms with Crippen molar-refractivity contribution in [2.24, 2.45) is 5.92 Å². The van der Waals surface area contributed by atoms with E-state index in [-0.39, 0.29) is 11.9 Å². The Morgan fingerprint density at radius 1 is 1.58 bits per heavy atom. The van der Waals surface area contributed by atoms with Crippen molar-refractivity contribution in [1.82, 2.24) is 10.3 Å². The first-order chi connectivity index (χ1) is 9.10. The SMILES string of the molecule is CCC1CCNC(C(=O)Nc2ccc(Cl)nc2C)C1. The zero-order valence-electron chi connectivity index (χ0n) is 11.4. The highest BCUT2D eigenvalue weighted by Crippen LogP contribution is 2.21. The molecule has 1 aromatic heterocycles. The summed E-state index contributed by atoms with van der Waals surface area (Å²) in [7, 11) is 0. The van der Waals surface area contributed by atoms with Crippen LogP contribution < -0.4 is 10.6 Å². The van der Waals surface area contributed by atoms with Crippen LogP contribution in [0.4, 0.5) is 5.69 Å². The Balaban J connectivity index is 2.00. The summed E-state index contributed by atoms with van der Waals surface area (Å²) in [5, 5.41) is 6.65. The van der Waals surface area contributed by atoms with E-state index in [1.807, 2.05) is 6.92 Å². The summed E-state index contributed by atoms with van der Waals surface area (Å²) in [5.74, 6) is 0.659. The molecule has 1 amide bonds. The molecule has 2 atom stereocenters. The van der Waals surface area contributed by atoms with Crippen LogP contribution in [0.2, 0.25) is 5.15 Å². The molecule has 0 bridgehead atoms. The van der Waals surface area contributed by atoms with Crippen molar-refractivity contribution in [3.05, 3.63) is 23.0 Å². The molecule has 4 nitrogen and oxygen atoms in total. The van der Waals surface area contributed by atoms with Gasteiger partial charge in [0.15, 0.2) is 0 Å². The Labute approximate surface area is 118 Å². The van der Waals surface area contributed by atoms with Crippen molar-refractivity contribution in [1.29, 1.82) is 0 Å². The van der Waals surface area contributed by atoms with Crippen LogP contribution >= 0.6 is 11.6 Å². The molecular formula is C14H20ClN3O. The first-order valence-electron chi connectivity index (χ1n) is 6.77. The van der Waals surface area contributed by atoms with E-state index in [9.17, 15) is 4.79 Å². The number of carbonyl (C=O) groups is 1. The molecule has 1 aliphatic rings. The van der Waals surface area contributed by atoms with Gasteiger partial charge in [0.25, 0.3) is 0 Å². The van der Waals surface area contributed by atoms with Crippen LogP contribution in [-0.2, 0) is 4.79 Å². The Morgan fingerprint density at radius 3 is 3.05 bits per heavy atom. The van der Waals surface area contributed by atoms with E-state index >= 15 is 0 Å². The summed E-state index contributed by atoms with van der Waals surface area (Å²) >= 11 is 5.80. The molecule has 0 radical (unpaired) electrons. The fraction of sp³-hybridized carbons (Fsp3) is 0.571. The van der Waals surface area contributed by atoms with Gasteiger partial charge < -0.3 is 10.6 Å². The van der Waals surface area contributed by atoms with Gasteiger partial charge in [-0.25, -0.2) is 4.98 Å². The second-order valence-electron chi connectivity index (χ2n) is 5.06. The van der Waals surface area contributed by atoms with Crippen molar-refractivity contribution in [3.63, 3.8) is 0 Å². The number of pyridine rings is 1. The topological polar surface area (TPSA) is 54.0 Å². The molecule has 2 heterocycles. The first kappa shape index (κ1) is 14.3. The number of amides is 1. The number of halogens is 1. The van der Waals surface area contributed by atoms with E-state index < -0.39 is 0 Å². The van der Waals surface area contributed by atoms with E-state index in [4.69, 9.17) is 11.6 Å². The van der Waals surface area contributed by atoms with Crippen LogP contribution in [0.5, 0.6) is 0 Å². The molecule has 0 spiro atoms. The lowest BCUT2D eigenvalue weighted by atomic mass is 9.90. The van der Waals surface area contributed by atoms with Gasteiger partial charge in [0.1, 0.15) is 5.15 Å². The molecule has 1 saturated heterocycles. The predicted molar refractivity (Wildman–Crippen MR) is 77.4 cm³/mol. The van der Waals surface area contributed by atoms with Gasteiger partial charge in [-0.3, -0.25) is 4.79 Å². The molecule has 1 fully saturated rings. The largest absolute Gasteiger partial charge is 0.323 e. The molecule has 2 N–H and O–H groups in total. The molecule has 5 heteroatoms. The average Bonchev–Trinajstić information content (AvgIpc) is 2.42. The molecule has 0 saturated carbocycles. The Hall–Kier alpha value is -1.13. The number of piperidine rings is 1. The minimum absolute atomic E-state index is 0.0189. The zero-order chi connectivity index (χ0) is 13.8. The quantitative estimate of drug-likeness (QED) is 0.838. The van der Waals surface area contributed by atoms with Crippen molar-refractivity contribution in [3.8, 4) is 0 Å². The van der Waals surface area contributed by atoms with Gasteiger partial charge in [-0.1, -0.05) is 24.9 Å². The van der Waals surface area contributed by atoms with E-state index in [0.717, 1.165) is 37.2 Å². The van der Waals surface area contributed by atoms with Crippen molar-refractivity contribution in [2.45, 2.75) is 39.2 Å². The number of hydrogen-bond acceptors (Lipinski definition) is 3. The lowest BCUT2D eigenvalue weighted by Crippen LogP contribution is -2.46. The number of hydrogen-bond donors (Lipinski definition) is 2. The van der Waals surface area contributed by atoms with Gasteiger partial charge in [0, 0.05) is 0 Å². The molecule has 1 aromatic rings. The third kappa shape index (κ3) is 3.67. The van der Waals surface area contributed by atoms with Crippen LogP contribution in [0.15, 0.2) is 12.1 Å². The Morgan fingerprint density at radius 2 is 2.37 bits per heavy atom. The van der Waals surface area contributed by atoms with Crippen LogP contribution in [0, 0.1) is 12.8 Å². The van der Waals surface area contributed by atoms with Crippen LogP contribution in [0.3, 0.4) is 0 Å². The van der Waals surface area contributed by atoms with Crippen LogP contribution in [-0.4, -0.2) is 23.5 Å². The highest BCUT2D eigenvalue weighted by Gasteiger charge is 2.26. The maximum atomic E-state index is 12.2. The van der Waals surface area contributed by atoms with Crippen LogP contribution in [0.1, 0.15) is 31.9 Å². The Kier molecular flexibility index (Phi) is 4.77. The normalized spacial score (nSPS) is 23.1. The molecule has 104 valence electrons. The third-order valence-electron chi connectivity index (χ3n) is 3.72. The minimum Gasteiger partial charge on any atom is -0.323 e. The summed E-state index contributed by atoms with van der Waals surface area (Å²) in [6.07, 6.45) is 3.19. The fourth-order valence-corrected chi connectivity index (χ4v) is 2.64. The van der Waals surface area contributed by atoms with Gasteiger partial charge in [-0.15, -0.1) is 0 Å². The van der Waals surface area contributed by atoms with Gasteiger partial charge >= 0.3 is 0 Å². The second-order valence-corrected chi connectivity index (χ2v) is 5.45. The smallest absolute Gasteiger partial charge is 0.241 e. The lowest BCUT2D eigenvalue weighted by Gasteiger charge is -2.28. The monoisotopic (exact) mass is 281 g/mol. The number of anilines is 1. The maximum absolute atomic E-state index is 12.2. The van der Waals surface area contributed by atoms with Gasteiger partial charge in [-0.05, 0) is 44.4 Å². The molecule has 19 heavy (non-hydrogen) atoms. The second kappa shape index (κ2) is 6.35. The predicted octanol–water partition coefficient (Wildman–Crippen LogP) is 2.76. The molecular weight excluding hydrogens is 262 g/mol. The molecule has 0 aliphatic carbocycles. The maximum Gasteiger partial charge on any atom is 0.241 e. The summed E-state index contributed by atoms with van der Waals surface area (Å²) in [6, 6.07) is 3.38. The van der Waals surface area contributed by atoms with Crippen LogP contribution in [0.25, 0.3) is 0 Å². The first-order valence-corrected chi connectivity index (χ1v) is 7.15. The summed E-state index contributed by atoms with van der Waals surface area (Å²) in [4.78, 5) is 16.4. The molecule has 2 unspecified atom stereocenters. The summed E-state index contributed by atoms with van der Waals surface area (Å²) in [6.45, 7) is 4.93. The number of carbonyl (C=O) groups excluding carboxylic acids is 1. The number of aromatic nitrogens is 1. The van der Waals surface area contributed by atoms with Gasteiger partial charge in [-0.2, -0.15) is 0 Å². The third-order valence-corrected chi connectivity index (χ3v) is 3.93. The average molecular weight is 282 g/mol. The summed E-state index contributed by atoms with van der Waals surface area (Å²) < 4.78 is 0. The van der Waals surface area contributed by atoms with Crippen molar-refractivity contribution < 1.29 is 4.79 Å². The number of nitrogens with one attached hydrogen (secondary N) is 2.